The first kappa shape index (κ1) is 13.1. The molecule has 1 atom stereocenters. The van der Waals surface area contributed by atoms with E-state index in [4.69, 9.17) is 10.5 Å². The minimum atomic E-state index is -0.0505. The van der Waals surface area contributed by atoms with Crippen molar-refractivity contribution >= 4 is 12.4 Å². The molecule has 1 aliphatic rings. The summed E-state index contributed by atoms with van der Waals surface area (Å²) >= 11 is 0. The number of ether oxygens (including phenoxy) is 1. The van der Waals surface area contributed by atoms with Gasteiger partial charge in [-0.3, -0.25) is 0 Å². The average molecular weight is 244 g/mol. The molecule has 0 radical (unpaired) electrons. The van der Waals surface area contributed by atoms with Crippen molar-refractivity contribution in [1.82, 2.24) is 0 Å². The van der Waals surface area contributed by atoms with Gasteiger partial charge in [-0.1, -0.05) is 12.1 Å². The van der Waals surface area contributed by atoms with Gasteiger partial charge in [-0.25, -0.2) is 0 Å². The Morgan fingerprint density at radius 1 is 1.50 bits per heavy atom. The van der Waals surface area contributed by atoms with Crippen molar-refractivity contribution in [3.8, 4) is 11.5 Å². The van der Waals surface area contributed by atoms with Crippen molar-refractivity contribution in [2.24, 2.45) is 11.7 Å². The number of hydrogen-bond acceptors (Lipinski definition) is 3. The number of phenols is 1. The molecule has 0 saturated heterocycles. The summed E-state index contributed by atoms with van der Waals surface area (Å²) in [6.07, 6.45) is 2.33. The van der Waals surface area contributed by atoms with Gasteiger partial charge in [0, 0.05) is 11.6 Å². The van der Waals surface area contributed by atoms with Crippen LogP contribution in [0.1, 0.15) is 31.4 Å². The largest absolute Gasteiger partial charge is 0.504 e. The lowest BCUT2D eigenvalue weighted by Crippen LogP contribution is -2.12. The van der Waals surface area contributed by atoms with Crippen LogP contribution in [0.15, 0.2) is 18.2 Å². The van der Waals surface area contributed by atoms with Crippen LogP contribution >= 0.6 is 12.4 Å². The average Bonchev–Trinajstić information content (AvgIpc) is 3.04. The van der Waals surface area contributed by atoms with E-state index in [0.29, 0.717) is 18.3 Å². The number of hydrogen-bond donors (Lipinski definition) is 2. The molecule has 1 aliphatic carbocycles. The van der Waals surface area contributed by atoms with E-state index in [-0.39, 0.29) is 24.2 Å². The number of halogens is 1. The van der Waals surface area contributed by atoms with E-state index in [9.17, 15) is 5.11 Å². The van der Waals surface area contributed by atoms with Crippen LogP contribution in [0.25, 0.3) is 0 Å². The molecule has 1 fully saturated rings. The van der Waals surface area contributed by atoms with Gasteiger partial charge in [-0.05, 0) is 31.7 Å². The summed E-state index contributed by atoms with van der Waals surface area (Å²) in [7, 11) is 0. The highest BCUT2D eigenvalue weighted by molar-refractivity contribution is 5.85. The Morgan fingerprint density at radius 2 is 2.19 bits per heavy atom. The Morgan fingerprint density at radius 3 is 2.75 bits per heavy atom. The summed E-state index contributed by atoms with van der Waals surface area (Å²) < 4.78 is 5.32. The first-order valence-electron chi connectivity index (χ1n) is 5.44. The maximum atomic E-state index is 9.96. The van der Waals surface area contributed by atoms with E-state index in [1.807, 2.05) is 19.1 Å². The van der Waals surface area contributed by atoms with Crippen molar-refractivity contribution in [3.05, 3.63) is 23.8 Å². The van der Waals surface area contributed by atoms with Gasteiger partial charge in [0.05, 0.1) is 6.61 Å². The molecule has 3 N–H and O–H groups in total. The van der Waals surface area contributed by atoms with Crippen molar-refractivity contribution in [2.75, 3.05) is 6.61 Å². The number of rotatable bonds is 4. The van der Waals surface area contributed by atoms with E-state index < -0.39 is 0 Å². The van der Waals surface area contributed by atoms with E-state index in [1.165, 1.54) is 12.8 Å². The summed E-state index contributed by atoms with van der Waals surface area (Å²) in [4.78, 5) is 0. The number of benzene rings is 1. The fourth-order valence-corrected chi connectivity index (χ4v) is 1.79. The third-order valence-corrected chi connectivity index (χ3v) is 2.82. The van der Waals surface area contributed by atoms with Crippen molar-refractivity contribution in [1.29, 1.82) is 0 Å². The van der Waals surface area contributed by atoms with Crippen LogP contribution in [-0.4, -0.2) is 11.7 Å². The molecule has 1 saturated carbocycles. The fraction of sp³-hybridized carbons (Fsp3) is 0.500. The highest BCUT2D eigenvalue weighted by Crippen LogP contribution is 2.44. The molecule has 1 aromatic rings. The zero-order valence-electron chi connectivity index (χ0n) is 9.35. The lowest BCUT2D eigenvalue weighted by Gasteiger charge is -2.15. The van der Waals surface area contributed by atoms with Gasteiger partial charge in [0.15, 0.2) is 11.5 Å². The fourth-order valence-electron chi connectivity index (χ4n) is 1.79. The highest BCUT2D eigenvalue weighted by Gasteiger charge is 2.31. The topological polar surface area (TPSA) is 55.5 Å². The molecular weight excluding hydrogens is 226 g/mol. The molecular formula is C12H18ClNO2. The molecule has 0 aliphatic heterocycles. The van der Waals surface area contributed by atoms with Crippen LogP contribution < -0.4 is 10.5 Å². The molecule has 3 nitrogen and oxygen atoms in total. The Bertz CT molecular complexity index is 353. The van der Waals surface area contributed by atoms with Gasteiger partial charge in [-0.2, -0.15) is 0 Å². The normalized spacial score (nSPS) is 16.4. The Kier molecular flexibility index (Phi) is 4.44. The van der Waals surface area contributed by atoms with E-state index in [2.05, 4.69) is 0 Å². The zero-order chi connectivity index (χ0) is 10.8. The molecule has 0 amide bonds. The third kappa shape index (κ3) is 2.60. The summed E-state index contributed by atoms with van der Waals surface area (Å²) in [5.74, 6) is 1.28. The predicted octanol–water partition coefficient (Wildman–Crippen LogP) is 2.62. The second-order valence-electron chi connectivity index (χ2n) is 3.99. The molecule has 0 aromatic heterocycles. The third-order valence-electron chi connectivity index (χ3n) is 2.82. The lowest BCUT2D eigenvalue weighted by molar-refractivity contribution is 0.315. The molecule has 0 unspecified atom stereocenters. The molecule has 1 aromatic carbocycles. The lowest BCUT2D eigenvalue weighted by atomic mass is 10.0. The molecule has 90 valence electrons. The molecule has 0 heterocycles. The first-order chi connectivity index (χ1) is 7.24. The van der Waals surface area contributed by atoms with Crippen LogP contribution in [0.2, 0.25) is 0 Å². The van der Waals surface area contributed by atoms with Crippen molar-refractivity contribution in [3.63, 3.8) is 0 Å². The summed E-state index contributed by atoms with van der Waals surface area (Å²) in [6, 6.07) is 5.47. The number of para-hydroxylation sites is 1. The minimum Gasteiger partial charge on any atom is -0.504 e. The van der Waals surface area contributed by atoms with Crippen molar-refractivity contribution < 1.29 is 9.84 Å². The Balaban J connectivity index is 0.00000128. The quantitative estimate of drug-likeness (QED) is 0.855. The Hall–Kier alpha value is -0.930. The van der Waals surface area contributed by atoms with Gasteiger partial charge in [0.1, 0.15) is 0 Å². The van der Waals surface area contributed by atoms with Crippen LogP contribution in [0.3, 0.4) is 0 Å². The zero-order valence-corrected chi connectivity index (χ0v) is 10.2. The SMILES string of the molecule is CCOc1cccc([C@@H](N)C2CC2)c1O.Cl. The smallest absolute Gasteiger partial charge is 0.162 e. The van der Waals surface area contributed by atoms with Gasteiger partial charge in [0.2, 0.25) is 0 Å². The van der Waals surface area contributed by atoms with Gasteiger partial charge < -0.3 is 15.6 Å². The molecule has 16 heavy (non-hydrogen) atoms. The van der Waals surface area contributed by atoms with Gasteiger partial charge in [-0.15, -0.1) is 12.4 Å². The summed E-state index contributed by atoms with van der Waals surface area (Å²) in [5, 5.41) is 9.96. The van der Waals surface area contributed by atoms with Crippen LogP contribution in [0.5, 0.6) is 11.5 Å². The molecule has 4 heteroatoms. The van der Waals surface area contributed by atoms with E-state index >= 15 is 0 Å². The molecule has 0 spiro atoms. The summed E-state index contributed by atoms with van der Waals surface area (Å²) in [5.41, 5.74) is 6.86. The second-order valence-corrected chi connectivity index (χ2v) is 3.99. The highest BCUT2D eigenvalue weighted by atomic mass is 35.5. The maximum Gasteiger partial charge on any atom is 0.162 e. The van der Waals surface area contributed by atoms with Crippen LogP contribution in [0.4, 0.5) is 0 Å². The Labute approximate surface area is 102 Å². The van der Waals surface area contributed by atoms with Gasteiger partial charge in [0.25, 0.3) is 0 Å². The number of phenolic OH excluding ortho intramolecular Hbond substituents is 1. The van der Waals surface area contributed by atoms with Gasteiger partial charge >= 0.3 is 0 Å². The molecule has 0 bridgehead atoms. The van der Waals surface area contributed by atoms with Crippen molar-refractivity contribution in [2.45, 2.75) is 25.8 Å². The second kappa shape index (κ2) is 5.41. The molecule has 2 rings (SSSR count). The monoisotopic (exact) mass is 243 g/mol. The standard InChI is InChI=1S/C12H17NO2.ClH/c1-2-15-10-5-3-4-9(12(10)14)11(13)8-6-7-8;/h3-5,8,11,14H,2,6-7,13H2,1H3;1H/t11-;/m0./s1. The maximum absolute atomic E-state index is 9.96. The number of aromatic hydroxyl groups is 1. The van der Waals surface area contributed by atoms with Crippen LogP contribution in [-0.2, 0) is 0 Å². The van der Waals surface area contributed by atoms with E-state index in [1.54, 1.807) is 6.07 Å². The summed E-state index contributed by atoms with van der Waals surface area (Å²) in [6.45, 7) is 2.45. The number of nitrogens with two attached hydrogens (primary N) is 1. The predicted molar refractivity (Wildman–Crippen MR) is 66.2 cm³/mol. The van der Waals surface area contributed by atoms with E-state index in [0.717, 1.165) is 5.56 Å². The first-order valence-corrected chi connectivity index (χ1v) is 5.44. The van der Waals surface area contributed by atoms with Crippen LogP contribution in [0, 0.1) is 5.92 Å². The minimum absolute atomic E-state index is 0.